The molecule has 3 unspecified atom stereocenters. The van der Waals surface area contributed by atoms with Gasteiger partial charge >= 0.3 is 0 Å². The average Bonchev–Trinajstić information content (AvgIpc) is 2.75. The fourth-order valence-corrected chi connectivity index (χ4v) is 9.59. The van der Waals surface area contributed by atoms with Crippen molar-refractivity contribution in [1.29, 1.82) is 0 Å². The van der Waals surface area contributed by atoms with E-state index in [1.54, 1.807) is 13.0 Å². The first-order valence-corrected chi connectivity index (χ1v) is 13.9. The molecule has 3 atom stereocenters. The normalized spacial score (nSPS) is 42.5. The second-order valence-corrected chi connectivity index (χ2v) is 13.8. The zero-order valence-corrected chi connectivity index (χ0v) is 20.5. The van der Waals surface area contributed by atoms with E-state index in [1.807, 2.05) is 19.1 Å². The van der Waals surface area contributed by atoms with Crippen LogP contribution in [0, 0.1) is 29.1 Å². The molecule has 6 nitrogen and oxygen atoms in total. The van der Waals surface area contributed by atoms with Gasteiger partial charge in [-0.3, -0.25) is 4.79 Å². The summed E-state index contributed by atoms with van der Waals surface area (Å²) < 4.78 is 32.8. The first kappa shape index (κ1) is 22.6. The Hall–Kier alpha value is -1.18. The van der Waals surface area contributed by atoms with Crippen molar-refractivity contribution < 1.29 is 17.9 Å². The van der Waals surface area contributed by atoms with Gasteiger partial charge in [0, 0.05) is 24.7 Å². The van der Waals surface area contributed by atoms with Crippen molar-refractivity contribution in [3.05, 3.63) is 23.8 Å². The second kappa shape index (κ2) is 7.95. The Labute approximate surface area is 192 Å². The molecule has 4 saturated carbocycles. The first-order chi connectivity index (χ1) is 15.1. The van der Waals surface area contributed by atoms with Gasteiger partial charge in [-0.1, -0.05) is 19.1 Å². The summed E-state index contributed by atoms with van der Waals surface area (Å²) in [4.78, 5) is 13.3. The van der Waals surface area contributed by atoms with Gasteiger partial charge in [0.05, 0.1) is 13.2 Å². The Kier molecular flexibility index (Phi) is 5.62. The van der Waals surface area contributed by atoms with Crippen molar-refractivity contribution >= 4 is 15.9 Å². The van der Waals surface area contributed by atoms with Crippen molar-refractivity contribution in [2.75, 3.05) is 26.3 Å². The highest BCUT2D eigenvalue weighted by Gasteiger charge is 2.53. The third kappa shape index (κ3) is 3.59. The molecule has 6 aliphatic rings. The first-order valence-electron chi connectivity index (χ1n) is 12.4. The van der Waals surface area contributed by atoms with Gasteiger partial charge < -0.3 is 10.1 Å². The van der Waals surface area contributed by atoms with Crippen molar-refractivity contribution in [3.8, 4) is 0 Å². The molecular formula is C25H38N2O4S. The number of allylic oxidation sites excluding steroid dienone is 1. The molecule has 0 radical (unpaired) electrons. The summed E-state index contributed by atoms with van der Waals surface area (Å²) in [6, 6.07) is 0.110. The van der Waals surface area contributed by atoms with Crippen LogP contribution in [0.15, 0.2) is 23.8 Å². The Bertz CT molecular complexity index is 898. The summed E-state index contributed by atoms with van der Waals surface area (Å²) in [5.74, 6) is 2.14. The zero-order valence-electron chi connectivity index (χ0n) is 19.7. The van der Waals surface area contributed by atoms with E-state index in [0.717, 1.165) is 17.8 Å². The Balaban J connectivity index is 1.35. The lowest BCUT2D eigenvalue weighted by atomic mass is 9.48. The molecule has 1 saturated heterocycles. The monoisotopic (exact) mass is 462 g/mol. The molecule has 0 aromatic heterocycles. The van der Waals surface area contributed by atoms with E-state index in [4.69, 9.17) is 4.74 Å². The van der Waals surface area contributed by atoms with Crippen LogP contribution in [0.4, 0.5) is 0 Å². The third-order valence-corrected chi connectivity index (χ3v) is 12.0. The summed E-state index contributed by atoms with van der Waals surface area (Å²) in [7, 11) is -3.62. The van der Waals surface area contributed by atoms with Crippen LogP contribution in [0.5, 0.6) is 0 Å². The summed E-state index contributed by atoms with van der Waals surface area (Å²) in [5, 5.41) is 3.30. The van der Waals surface area contributed by atoms with Crippen molar-refractivity contribution in [2.24, 2.45) is 29.1 Å². The second-order valence-electron chi connectivity index (χ2n) is 11.4. The van der Waals surface area contributed by atoms with Gasteiger partial charge in [-0.25, -0.2) is 8.42 Å². The van der Waals surface area contributed by atoms with Crippen LogP contribution in [0.25, 0.3) is 0 Å². The molecule has 178 valence electrons. The number of sulfonamides is 1. The van der Waals surface area contributed by atoms with E-state index in [0.29, 0.717) is 31.9 Å². The van der Waals surface area contributed by atoms with Crippen LogP contribution in [0.3, 0.4) is 0 Å². The van der Waals surface area contributed by atoms with Gasteiger partial charge in [-0.2, -0.15) is 4.31 Å². The standard InChI is InChI=1S/C25H38N2O4S/c1-17-4-5-22(16-24(17,3)32(29,30)27-6-8-31-9-7-27)23(28)26-18(2)25-13-19-10-20(14-25)12-21(11-19)15-25/h4-5,16-21H,6-15H2,1-3H3,(H,26,28). The number of carbonyl (C=O) groups is 1. The van der Waals surface area contributed by atoms with Gasteiger partial charge in [-0.15, -0.1) is 0 Å². The minimum Gasteiger partial charge on any atom is -0.379 e. The number of carbonyl (C=O) groups excluding carboxylic acids is 1. The molecule has 0 aromatic rings. The maximum atomic E-state index is 13.6. The molecule has 5 aliphatic carbocycles. The summed E-state index contributed by atoms with van der Waals surface area (Å²) >= 11 is 0. The molecule has 5 fully saturated rings. The fourth-order valence-electron chi connectivity index (χ4n) is 7.58. The molecule has 7 heteroatoms. The van der Waals surface area contributed by atoms with E-state index in [9.17, 15) is 13.2 Å². The summed E-state index contributed by atoms with van der Waals surface area (Å²) in [6.07, 6.45) is 13.2. The Morgan fingerprint density at radius 3 is 2.25 bits per heavy atom. The number of hydrogen-bond acceptors (Lipinski definition) is 4. The lowest BCUT2D eigenvalue weighted by molar-refractivity contribution is -0.122. The third-order valence-electron chi connectivity index (χ3n) is 9.39. The Morgan fingerprint density at radius 2 is 1.69 bits per heavy atom. The molecule has 4 bridgehead atoms. The van der Waals surface area contributed by atoms with Gasteiger partial charge in [-0.05, 0) is 87.5 Å². The van der Waals surface area contributed by atoms with Crippen LogP contribution in [0.2, 0.25) is 0 Å². The SMILES string of the molecule is CC(NC(=O)C1=CC(C)(S(=O)(=O)N2CCOCC2)C(C)C=C1)C12CC3CC(CC(C3)C1)C2. The molecule has 1 heterocycles. The minimum atomic E-state index is -3.62. The van der Waals surface area contributed by atoms with E-state index in [1.165, 1.54) is 42.8 Å². The lowest BCUT2D eigenvalue weighted by Gasteiger charge is -2.59. The number of nitrogens with one attached hydrogen (secondary N) is 1. The molecular weight excluding hydrogens is 424 g/mol. The molecule has 1 amide bonds. The highest BCUT2D eigenvalue weighted by Crippen LogP contribution is 2.61. The quantitative estimate of drug-likeness (QED) is 0.680. The van der Waals surface area contributed by atoms with E-state index < -0.39 is 14.8 Å². The van der Waals surface area contributed by atoms with Crippen LogP contribution >= 0.6 is 0 Å². The molecule has 0 spiro atoms. The van der Waals surface area contributed by atoms with Gasteiger partial charge in [0.15, 0.2) is 0 Å². The average molecular weight is 463 g/mol. The highest BCUT2D eigenvalue weighted by molar-refractivity contribution is 7.90. The number of hydrogen-bond donors (Lipinski definition) is 1. The topological polar surface area (TPSA) is 75.7 Å². The van der Waals surface area contributed by atoms with Gasteiger partial charge in [0.2, 0.25) is 10.0 Å². The van der Waals surface area contributed by atoms with Crippen molar-refractivity contribution in [1.82, 2.24) is 9.62 Å². The molecule has 1 aliphatic heterocycles. The predicted molar refractivity (Wildman–Crippen MR) is 124 cm³/mol. The smallest absolute Gasteiger partial charge is 0.251 e. The maximum Gasteiger partial charge on any atom is 0.251 e. The number of amides is 1. The van der Waals surface area contributed by atoms with Crippen molar-refractivity contribution in [3.63, 3.8) is 0 Å². The van der Waals surface area contributed by atoms with Crippen LogP contribution in [0.1, 0.15) is 59.3 Å². The zero-order chi connectivity index (χ0) is 22.7. The van der Waals surface area contributed by atoms with Gasteiger partial charge in [0.25, 0.3) is 5.91 Å². The van der Waals surface area contributed by atoms with E-state index >= 15 is 0 Å². The number of morpholine rings is 1. The molecule has 1 N–H and O–H groups in total. The predicted octanol–water partition coefficient (Wildman–Crippen LogP) is 3.26. The molecule has 0 aromatic carbocycles. The summed E-state index contributed by atoms with van der Waals surface area (Å²) in [5.41, 5.74) is 0.693. The Morgan fingerprint density at radius 1 is 1.12 bits per heavy atom. The van der Waals surface area contributed by atoms with Crippen LogP contribution < -0.4 is 5.32 Å². The van der Waals surface area contributed by atoms with E-state index in [2.05, 4.69) is 12.2 Å². The van der Waals surface area contributed by atoms with Crippen LogP contribution in [-0.4, -0.2) is 55.7 Å². The fraction of sp³-hybridized carbons (Fsp3) is 0.800. The van der Waals surface area contributed by atoms with Crippen molar-refractivity contribution in [2.45, 2.75) is 70.1 Å². The largest absolute Gasteiger partial charge is 0.379 e. The lowest BCUT2D eigenvalue weighted by Crippen LogP contribution is -2.56. The molecule has 32 heavy (non-hydrogen) atoms. The van der Waals surface area contributed by atoms with E-state index in [-0.39, 0.29) is 23.3 Å². The maximum absolute atomic E-state index is 13.6. The van der Waals surface area contributed by atoms with Gasteiger partial charge in [0.1, 0.15) is 4.75 Å². The number of ether oxygens (including phenoxy) is 1. The summed E-state index contributed by atoms with van der Waals surface area (Å²) in [6.45, 7) is 7.40. The van der Waals surface area contributed by atoms with Crippen LogP contribution in [-0.2, 0) is 19.6 Å². The molecule has 6 rings (SSSR count). The highest BCUT2D eigenvalue weighted by atomic mass is 32.2. The number of nitrogens with zero attached hydrogens (tertiary/aromatic N) is 1. The number of rotatable bonds is 5. The minimum absolute atomic E-state index is 0.110.